The molecule has 29 heavy (non-hydrogen) atoms. The van der Waals surface area contributed by atoms with Crippen LogP contribution in [-0.2, 0) is 0 Å². The molecule has 0 aliphatic carbocycles. The van der Waals surface area contributed by atoms with Crippen molar-refractivity contribution in [1.82, 2.24) is 0 Å². The van der Waals surface area contributed by atoms with Gasteiger partial charge in [0.2, 0.25) is 7.38 Å². The second-order valence-electron chi connectivity index (χ2n) is 9.63. The van der Waals surface area contributed by atoms with Gasteiger partial charge < -0.3 is 0 Å². The van der Waals surface area contributed by atoms with Crippen LogP contribution in [0.4, 0.5) is 0 Å². The Balaban J connectivity index is 2.40. The molecule has 3 aromatic rings. The molecule has 0 saturated heterocycles. The lowest BCUT2D eigenvalue weighted by Crippen LogP contribution is -2.65. The number of aryl methyl sites for hydroxylation is 5. The first kappa shape index (κ1) is 22.1. The lowest BCUT2D eigenvalue weighted by atomic mass is 10.1. The van der Waals surface area contributed by atoms with Crippen LogP contribution in [0.5, 0.6) is 0 Å². The van der Waals surface area contributed by atoms with E-state index in [1.54, 1.807) is 0 Å². The van der Waals surface area contributed by atoms with Crippen LogP contribution >= 0.6 is 11.1 Å². The van der Waals surface area contributed by atoms with Gasteiger partial charge >= 0.3 is 0 Å². The van der Waals surface area contributed by atoms with Crippen molar-refractivity contribution in [2.24, 2.45) is 0 Å². The summed E-state index contributed by atoms with van der Waals surface area (Å²) in [5.74, 6) is 0. The standard InChI is InChI=1S/C26H33ClSi2/c1-18-9-11-25(21(4)13-18)29(27,26-12-10-19(2)14-22(26)5)24-16-20(3)15-23(17-24)28(6,7)8/h9-17H,1-8H3. The Hall–Kier alpha value is -1.62. The number of benzene rings is 3. The Morgan fingerprint density at radius 3 is 1.41 bits per heavy atom. The zero-order valence-corrected chi connectivity index (χ0v) is 21.8. The van der Waals surface area contributed by atoms with E-state index in [1.165, 1.54) is 48.6 Å². The van der Waals surface area contributed by atoms with Gasteiger partial charge in [0.15, 0.2) is 0 Å². The normalized spacial score (nSPS) is 12.3. The second-order valence-corrected chi connectivity index (χ2v) is 19.4. The Bertz CT molecular complexity index is 1010. The molecule has 0 saturated carbocycles. The molecule has 0 spiro atoms. The summed E-state index contributed by atoms with van der Waals surface area (Å²) in [5.41, 5.74) is 6.47. The van der Waals surface area contributed by atoms with Crippen molar-refractivity contribution in [3.05, 3.63) is 82.4 Å². The minimum atomic E-state index is -2.66. The monoisotopic (exact) mass is 436 g/mol. The predicted molar refractivity (Wildman–Crippen MR) is 136 cm³/mol. The fraction of sp³-hybridized carbons (Fsp3) is 0.308. The van der Waals surface area contributed by atoms with E-state index in [0.29, 0.717) is 0 Å². The lowest BCUT2D eigenvalue weighted by molar-refractivity contribution is 1.39. The number of hydrogen-bond donors (Lipinski definition) is 0. The predicted octanol–water partition coefficient (Wildman–Crippen LogP) is 4.98. The van der Waals surface area contributed by atoms with Gasteiger partial charge in [-0.2, -0.15) is 0 Å². The van der Waals surface area contributed by atoms with Crippen molar-refractivity contribution in [2.45, 2.75) is 54.3 Å². The molecule has 3 aromatic carbocycles. The molecule has 3 heteroatoms. The van der Waals surface area contributed by atoms with E-state index in [0.717, 1.165) is 0 Å². The largest absolute Gasteiger partial charge is 0.248 e. The molecule has 0 unspecified atom stereocenters. The van der Waals surface area contributed by atoms with Gasteiger partial charge in [-0.15, -0.1) is 11.1 Å². The van der Waals surface area contributed by atoms with E-state index < -0.39 is 15.5 Å². The summed E-state index contributed by atoms with van der Waals surface area (Å²) in [6.07, 6.45) is 0. The Morgan fingerprint density at radius 2 is 1.00 bits per heavy atom. The third-order valence-electron chi connectivity index (χ3n) is 5.85. The summed E-state index contributed by atoms with van der Waals surface area (Å²) in [4.78, 5) is 0. The van der Waals surface area contributed by atoms with E-state index in [9.17, 15) is 0 Å². The number of hydrogen-bond acceptors (Lipinski definition) is 0. The van der Waals surface area contributed by atoms with Crippen LogP contribution < -0.4 is 20.7 Å². The topological polar surface area (TPSA) is 0 Å². The molecule has 0 nitrogen and oxygen atoms in total. The van der Waals surface area contributed by atoms with Crippen molar-refractivity contribution < 1.29 is 0 Å². The third-order valence-corrected chi connectivity index (χ3v) is 13.4. The molecule has 0 N–H and O–H groups in total. The molecular formula is C26H33ClSi2. The van der Waals surface area contributed by atoms with Crippen molar-refractivity contribution in [2.75, 3.05) is 0 Å². The SMILES string of the molecule is Cc1cc([Si](C)(C)C)cc([Si](Cl)(c2ccc(C)cc2C)c2ccc(C)cc2C)c1. The number of rotatable bonds is 4. The van der Waals surface area contributed by atoms with E-state index in [2.05, 4.69) is 109 Å². The Morgan fingerprint density at radius 1 is 0.552 bits per heavy atom. The highest BCUT2D eigenvalue weighted by atomic mass is 35.6. The van der Waals surface area contributed by atoms with Gasteiger partial charge in [0.1, 0.15) is 0 Å². The summed E-state index contributed by atoms with van der Waals surface area (Å²) < 4.78 is 0. The minimum Gasteiger partial charge on any atom is -0.149 e. The number of halogens is 1. The highest BCUT2D eigenvalue weighted by molar-refractivity contribution is 7.40. The van der Waals surface area contributed by atoms with E-state index in [4.69, 9.17) is 11.1 Å². The van der Waals surface area contributed by atoms with E-state index in [1.807, 2.05) is 0 Å². The van der Waals surface area contributed by atoms with Gasteiger partial charge in [-0.25, -0.2) is 0 Å². The molecule has 0 aromatic heterocycles. The van der Waals surface area contributed by atoms with Crippen LogP contribution in [0.2, 0.25) is 19.6 Å². The Labute approximate surface area is 183 Å². The Kier molecular flexibility index (Phi) is 6.02. The molecule has 3 rings (SSSR count). The molecule has 0 amide bonds. The maximum Gasteiger partial charge on any atom is 0.248 e. The molecule has 0 fully saturated rings. The summed E-state index contributed by atoms with van der Waals surface area (Å²) in [6, 6.07) is 20.7. The summed E-state index contributed by atoms with van der Waals surface area (Å²) in [5, 5.41) is 5.42. The fourth-order valence-electron chi connectivity index (χ4n) is 4.27. The van der Waals surface area contributed by atoms with Gasteiger partial charge in [0.05, 0.1) is 8.07 Å². The third kappa shape index (κ3) is 4.30. The summed E-state index contributed by atoms with van der Waals surface area (Å²) >= 11 is 7.88. The van der Waals surface area contributed by atoms with Crippen molar-refractivity contribution in [3.63, 3.8) is 0 Å². The minimum absolute atomic E-state index is 1.28. The van der Waals surface area contributed by atoms with Crippen LogP contribution in [0.25, 0.3) is 0 Å². The maximum absolute atomic E-state index is 7.88. The highest BCUT2D eigenvalue weighted by Gasteiger charge is 2.41. The van der Waals surface area contributed by atoms with Gasteiger partial charge in [-0.05, 0) is 61.3 Å². The average molecular weight is 437 g/mol. The first-order valence-electron chi connectivity index (χ1n) is 10.4. The van der Waals surface area contributed by atoms with E-state index >= 15 is 0 Å². The zero-order valence-electron chi connectivity index (χ0n) is 19.1. The zero-order chi connectivity index (χ0) is 21.6. The van der Waals surface area contributed by atoms with E-state index in [-0.39, 0.29) is 0 Å². The first-order chi connectivity index (χ1) is 13.4. The molecule has 0 radical (unpaired) electrons. The summed E-state index contributed by atoms with van der Waals surface area (Å²) in [6.45, 7) is 18.2. The van der Waals surface area contributed by atoms with Crippen LogP contribution in [-0.4, -0.2) is 15.5 Å². The molecular weight excluding hydrogens is 404 g/mol. The van der Waals surface area contributed by atoms with Crippen LogP contribution in [0.3, 0.4) is 0 Å². The molecule has 152 valence electrons. The lowest BCUT2D eigenvalue weighted by Gasteiger charge is -2.31. The van der Waals surface area contributed by atoms with Gasteiger partial charge in [-0.3, -0.25) is 0 Å². The maximum atomic E-state index is 7.88. The van der Waals surface area contributed by atoms with Crippen molar-refractivity contribution in [1.29, 1.82) is 0 Å². The average Bonchev–Trinajstić information content (AvgIpc) is 2.59. The van der Waals surface area contributed by atoms with Gasteiger partial charge in [0.25, 0.3) is 0 Å². The molecule has 0 atom stereocenters. The molecule has 0 heterocycles. The van der Waals surface area contributed by atoms with Crippen LogP contribution in [0, 0.1) is 34.6 Å². The van der Waals surface area contributed by atoms with Crippen molar-refractivity contribution in [3.8, 4) is 0 Å². The second kappa shape index (κ2) is 7.90. The quantitative estimate of drug-likeness (QED) is 0.307. The molecule has 0 aliphatic rings. The van der Waals surface area contributed by atoms with Crippen molar-refractivity contribution >= 4 is 47.3 Å². The smallest absolute Gasteiger partial charge is 0.149 e. The van der Waals surface area contributed by atoms with Crippen LogP contribution in [0.15, 0.2) is 54.6 Å². The van der Waals surface area contributed by atoms with Gasteiger partial charge in [-0.1, -0.05) is 96.1 Å². The highest BCUT2D eigenvalue weighted by Crippen LogP contribution is 2.19. The fourth-order valence-corrected chi connectivity index (χ4v) is 10.8. The molecule has 0 bridgehead atoms. The van der Waals surface area contributed by atoms with Gasteiger partial charge in [0, 0.05) is 0 Å². The molecule has 0 aliphatic heterocycles. The summed E-state index contributed by atoms with van der Waals surface area (Å²) in [7, 11) is -4.12. The first-order valence-corrected chi connectivity index (χ1v) is 16.9. The van der Waals surface area contributed by atoms with Crippen LogP contribution in [0.1, 0.15) is 27.8 Å².